The molecule has 86 valence electrons. The van der Waals surface area contributed by atoms with Gasteiger partial charge < -0.3 is 5.32 Å². The van der Waals surface area contributed by atoms with E-state index < -0.39 is 17.5 Å². The zero-order valence-corrected chi connectivity index (χ0v) is 8.52. The smallest absolute Gasteiger partial charge is 0.276 e. The molecule has 2 aromatic rings. The highest BCUT2D eigenvalue weighted by molar-refractivity contribution is 6.02. The van der Waals surface area contributed by atoms with Crippen molar-refractivity contribution < 1.29 is 13.6 Å². The number of halogens is 2. The normalized spacial score (nSPS) is 10.0. The van der Waals surface area contributed by atoms with Crippen molar-refractivity contribution in [3.8, 4) is 0 Å². The molecule has 1 heterocycles. The largest absolute Gasteiger partial charge is 0.318 e. The zero-order valence-electron chi connectivity index (χ0n) is 8.52. The Morgan fingerprint density at radius 2 is 2.06 bits per heavy atom. The van der Waals surface area contributed by atoms with Gasteiger partial charge in [0.05, 0.1) is 5.69 Å². The molecular weight excluding hydrogens is 228 g/mol. The van der Waals surface area contributed by atoms with Crippen LogP contribution >= 0.6 is 0 Å². The lowest BCUT2D eigenvalue weighted by atomic mass is 10.3. The van der Waals surface area contributed by atoms with Crippen LogP contribution in [0.1, 0.15) is 10.5 Å². The van der Waals surface area contributed by atoms with Gasteiger partial charge in [-0.2, -0.15) is 5.10 Å². The van der Waals surface area contributed by atoms with Crippen molar-refractivity contribution in [1.29, 1.82) is 0 Å². The Balaban J connectivity index is 2.19. The molecule has 0 radical (unpaired) electrons. The lowest BCUT2D eigenvalue weighted by molar-refractivity contribution is 0.102. The maximum atomic E-state index is 13.2. The van der Waals surface area contributed by atoms with Gasteiger partial charge in [-0.05, 0) is 24.3 Å². The molecule has 4 nitrogen and oxygen atoms in total. The summed E-state index contributed by atoms with van der Waals surface area (Å²) in [7, 11) is 0. The quantitative estimate of drug-likeness (QED) is 0.866. The van der Waals surface area contributed by atoms with E-state index >= 15 is 0 Å². The van der Waals surface area contributed by atoms with Crippen LogP contribution in [0.25, 0.3) is 0 Å². The van der Waals surface area contributed by atoms with Gasteiger partial charge in [-0.1, -0.05) is 0 Å². The summed E-state index contributed by atoms with van der Waals surface area (Å²) in [6, 6.07) is 5.84. The van der Waals surface area contributed by atoms with Gasteiger partial charge >= 0.3 is 0 Å². The standard InChI is InChI=1S/C11H7F2N3O/c12-7-3-4-9(8(13)6-7)15-11(17)10-2-1-5-14-16-10/h1-6H,(H,15,17). The summed E-state index contributed by atoms with van der Waals surface area (Å²) in [5.74, 6) is -2.16. The molecule has 17 heavy (non-hydrogen) atoms. The molecule has 1 amide bonds. The SMILES string of the molecule is O=C(Nc1ccc(F)cc1F)c1cccnn1. The molecule has 0 spiro atoms. The molecule has 2 rings (SSSR count). The van der Waals surface area contributed by atoms with Gasteiger partial charge in [0.2, 0.25) is 0 Å². The maximum absolute atomic E-state index is 13.2. The number of amides is 1. The minimum atomic E-state index is -0.845. The molecule has 1 aromatic heterocycles. The van der Waals surface area contributed by atoms with E-state index in [2.05, 4.69) is 15.5 Å². The molecule has 0 unspecified atom stereocenters. The van der Waals surface area contributed by atoms with Crippen molar-refractivity contribution in [3.63, 3.8) is 0 Å². The molecule has 0 aliphatic heterocycles. The van der Waals surface area contributed by atoms with Crippen LogP contribution in [0.3, 0.4) is 0 Å². The summed E-state index contributed by atoms with van der Waals surface area (Å²) in [6.07, 6.45) is 1.41. The number of nitrogens with zero attached hydrogens (tertiary/aromatic N) is 2. The number of benzene rings is 1. The zero-order chi connectivity index (χ0) is 12.3. The second-order valence-corrected chi connectivity index (χ2v) is 3.19. The number of carbonyl (C=O) groups excluding carboxylic acids is 1. The fourth-order valence-electron chi connectivity index (χ4n) is 1.20. The minimum Gasteiger partial charge on any atom is -0.318 e. The molecule has 0 aliphatic rings. The molecule has 6 heteroatoms. The van der Waals surface area contributed by atoms with Crippen molar-refractivity contribution in [1.82, 2.24) is 10.2 Å². The topological polar surface area (TPSA) is 54.9 Å². The van der Waals surface area contributed by atoms with Crippen molar-refractivity contribution in [3.05, 3.63) is 53.9 Å². The van der Waals surface area contributed by atoms with Gasteiger partial charge in [-0.3, -0.25) is 4.79 Å². The van der Waals surface area contributed by atoms with Crippen molar-refractivity contribution in [2.75, 3.05) is 5.32 Å². The first-order valence-electron chi connectivity index (χ1n) is 4.71. The van der Waals surface area contributed by atoms with Gasteiger partial charge in [0.1, 0.15) is 11.6 Å². The average molecular weight is 235 g/mol. The lowest BCUT2D eigenvalue weighted by Gasteiger charge is -2.05. The highest BCUT2D eigenvalue weighted by Gasteiger charge is 2.10. The predicted molar refractivity (Wildman–Crippen MR) is 56.3 cm³/mol. The molecule has 0 aliphatic carbocycles. The van der Waals surface area contributed by atoms with E-state index in [1.54, 1.807) is 0 Å². The third-order valence-corrected chi connectivity index (χ3v) is 1.98. The van der Waals surface area contributed by atoms with E-state index in [-0.39, 0.29) is 11.4 Å². The summed E-state index contributed by atoms with van der Waals surface area (Å²) >= 11 is 0. The van der Waals surface area contributed by atoms with Gasteiger partial charge in [-0.25, -0.2) is 8.78 Å². The number of rotatable bonds is 2. The number of hydrogen-bond acceptors (Lipinski definition) is 3. The molecule has 1 aromatic carbocycles. The van der Waals surface area contributed by atoms with Crippen molar-refractivity contribution in [2.24, 2.45) is 0 Å². The second kappa shape index (κ2) is 4.65. The molecule has 0 saturated carbocycles. The van der Waals surface area contributed by atoms with E-state index in [9.17, 15) is 13.6 Å². The summed E-state index contributed by atoms with van der Waals surface area (Å²) in [6.45, 7) is 0. The van der Waals surface area contributed by atoms with Crippen LogP contribution in [0, 0.1) is 11.6 Å². The molecule has 0 fully saturated rings. The van der Waals surface area contributed by atoms with Crippen LogP contribution in [0.15, 0.2) is 36.5 Å². The lowest BCUT2D eigenvalue weighted by Crippen LogP contribution is -2.15. The summed E-state index contributed by atoms with van der Waals surface area (Å²) in [5.41, 5.74) is -0.0571. The van der Waals surface area contributed by atoms with E-state index in [0.29, 0.717) is 6.07 Å². The fourth-order valence-corrected chi connectivity index (χ4v) is 1.20. The van der Waals surface area contributed by atoms with Crippen LogP contribution in [-0.4, -0.2) is 16.1 Å². The van der Waals surface area contributed by atoms with Crippen LogP contribution in [0.2, 0.25) is 0 Å². The molecule has 0 saturated heterocycles. The van der Waals surface area contributed by atoms with E-state index in [4.69, 9.17) is 0 Å². The summed E-state index contributed by atoms with van der Waals surface area (Å²) in [5, 5.41) is 9.35. The molecule has 0 bridgehead atoms. The van der Waals surface area contributed by atoms with E-state index in [1.165, 1.54) is 18.3 Å². The number of aromatic nitrogens is 2. The van der Waals surface area contributed by atoms with Gasteiger partial charge in [0.15, 0.2) is 5.69 Å². The number of hydrogen-bond donors (Lipinski definition) is 1. The van der Waals surface area contributed by atoms with E-state index in [1.807, 2.05) is 0 Å². The Labute approximate surface area is 95.3 Å². The van der Waals surface area contributed by atoms with Gasteiger partial charge in [0, 0.05) is 12.3 Å². The van der Waals surface area contributed by atoms with Crippen LogP contribution in [-0.2, 0) is 0 Å². The molecule has 1 N–H and O–H groups in total. The van der Waals surface area contributed by atoms with Crippen molar-refractivity contribution in [2.45, 2.75) is 0 Å². The minimum absolute atomic E-state index is 0.0521. The van der Waals surface area contributed by atoms with E-state index in [0.717, 1.165) is 12.1 Å². The van der Waals surface area contributed by atoms with Crippen LogP contribution < -0.4 is 5.32 Å². The fraction of sp³-hybridized carbons (Fsp3) is 0. The number of nitrogens with one attached hydrogen (secondary N) is 1. The Morgan fingerprint density at radius 1 is 1.24 bits per heavy atom. The Kier molecular flexibility index (Phi) is 3.04. The first-order valence-corrected chi connectivity index (χ1v) is 4.71. The van der Waals surface area contributed by atoms with Crippen LogP contribution in [0.4, 0.5) is 14.5 Å². The monoisotopic (exact) mass is 235 g/mol. The summed E-state index contributed by atoms with van der Waals surface area (Å²) < 4.78 is 25.9. The second-order valence-electron chi connectivity index (χ2n) is 3.19. The third kappa shape index (κ3) is 2.60. The van der Waals surface area contributed by atoms with Crippen LogP contribution in [0.5, 0.6) is 0 Å². The van der Waals surface area contributed by atoms with Crippen molar-refractivity contribution >= 4 is 11.6 Å². The Hall–Kier alpha value is -2.37. The predicted octanol–water partition coefficient (Wildman–Crippen LogP) is 2.01. The van der Waals surface area contributed by atoms with Gasteiger partial charge in [-0.15, -0.1) is 5.10 Å². The third-order valence-electron chi connectivity index (χ3n) is 1.98. The van der Waals surface area contributed by atoms with Gasteiger partial charge in [0.25, 0.3) is 5.91 Å². The Morgan fingerprint density at radius 3 is 2.71 bits per heavy atom. The maximum Gasteiger partial charge on any atom is 0.276 e. The highest BCUT2D eigenvalue weighted by atomic mass is 19.1. The molecule has 0 atom stereocenters. The first kappa shape index (κ1) is 11.1. The number of anilines is 1. The Bertz CT molecular complexity index is 546. The number of carbonyl (C=O) groups is 1. The molecular formula is C11H7F2N3O. The summed E-state index contributed by atoms with van der Waals surface area (Å²) in [4.78, 5) is 11.6. The highest BCUT2D eigenvalue weighted by Crippen LogP contribution is 2.15. The first-order chi connectivity index (χ1) is 8.16. The average Bonchev–Trinajstić information content (AvgIpc) is 2.34.